The number of para-hydroxylation sites is 1. The Morgan fingerprint density at radius 3 is 2.30 bits per heavy atom. The van der Waals surface area contributed by atoms with E-state index in [9.17, 15) is 14.4 Å². The zero-order chi connectivity index (χ0) is 23.9. The number of benzene rings is 1. The van der Waals surface area contributed by atoms with E-state index in [-0.39, 0.29) is 17.2 Å². The van der Waals surface area contributed by atoms with E-state index in [2.05, 4.69) is 4.98 Å². The molecule has 172 valence electrons. The highest BCUT2D eigenvalue weighted by Crippen LogP contribution is 2.36. The lowest BCUT2D eigenvalue weighted by Gasteiger charge is -2.31. The van der Waals surface area contributed by atoms with Crippen molar-refractivity contribution in [2.75, 3.05) is 13.1 Å². The van der Waals surface area contributed by atoms with Crippen LogP contribution in [-0.4, -0.2) is 50.5 Å². The number of carbonyl (C=O) groups excluding carboxylic acids is 3. The number of hydrogen-bond donors (Lipinski definition) is 2. The second-order valence-electron chi connectivity index (χ2n) is 8.63. The summed E-state index contributed by atoms with van der Waals surface area (Å²) in [5, 5.41) is 5.28. The van der Waals surface area contributed by atoms with Gasteiger partial charge in [0.1, 0.15) is 5.69 Å². The molecule has 33 heavy (non-hydrogen) atoms. The number of nitrogens with zero attached hydrogens (tertiary/aromatic N) is 4. The van der Waals surface area contributed by atoms with Crippen LogP contribution in [0.15, 0.2) is 24.3 Å². The van der Waals surface area contributed by atoms with Crippen LogP contribution in [0.25, 0.3) is 22.0 Å². The minimum atomic E-state index is -0.735. The van der Waals surface area contributed by atoms with Gasteiger partial charge in [0.25, 0.3) is 5.91 Å². The first kappa shape index (κ1) is 22.4. The van der Waals surface area contributed by atoms with Crippen molar-refractivity contribution in [2.24, 2.45) is 17.4 Å². The van der Waals surface area contributed by atoms with E-state index in [0.717, 1.165) is 31.6 Å². The Bertz CT molecular complexity index is 1270. The number of pyridine rings is 1. The third-order valence-corrected chi connectivity index (χ3v) is 6.49. The summed E-state index contributed by atoms with van der Waals surface area (Å²) in [6.45, 7) is 7.48. The predicted molar refractivity (Wildman–Crippen MR) is 124 cm³/mol. The summed E-state index contributed by atoms with van der Waals surface area (Å²) in [7, 11) is 0. The molecule has 3 aromatic rings. The predicted octanol–water partition coefficient (Wildman–Crippen LogP) is 2.17. The molecule has 0 saturated carbocycles. The minimum Gasteiger partial charge on any atom is -0.366 e. The molecule has 3 heterocycles. The van der Waals surface area contributed by atoms with E-state index in [1.54, 1.807) is 31.2 Å². The van der Waals surface area contributed by atoms with Crippen LogP contribution in [0.4, 0.5) is 0 Å². The molecular formula is C24H28N6O3. The highest BCUT2D eigenvalue weighted by Gasteiger charge is 2.28. The van der Waals surface area contributed by atoms with Gasteiger partial charge >= 0.3 is 0 Å². The molecule has 4 N–H and O–H groups in total. The van der Waals surface area contributed by atoms with Gasteiger partial charge < -0.3 is 16.4 Å². The van der Waals surface area contributed by atoms with Crippen molar-refractivity contribution in [1.82, 2.24) is 19.7 Å². The lowest BCUT2D eigenvalue weighted by atomic mass is 9.92. The van der Waals surface area contributed by atoms with Crippen LogP contribution in [0, 0.1) is 19.8 Å². The van der Waals surface area contributed by atoms with Crippen LogP contribution < -0.4 is 11.5 Å². The number of nitrogens with two attached hydrogens (primary N) is 2. The average molecular weight is 449 g/mol. The number of primary amides is 2. The molecule has 0 unspecified atom stereocenters. The lowest BCUT2D eigenvalue weighted by Crippen LogP contribution is -2.38. The van der Waals surface area contributed by atoms with Crippen LogP contribution in [0.1, 0.15) is 52.0 Å². The first-order chi connectivity index (χ1) is 15.7. The van der Waals surface area contributed by atoms with Crippen molar-refractivity contribution in [2.45, 2.75) is 40.2 Å². The smallest absolute Gasteiger partial charge is 0.267 e. The van der Waals surface area contributed by atoms with Crippen molar-refractivity contribution in [3.8, 4) is 11.1 Å². The van der Waals surface area contributed by atoms with Gasteiger partial charge in [-0.05, 0) is 38.7 Å². The third-order valence-electron chi connectivity index (χ3n) is 6.49. The second kappa shape index (κ2) is 8.65. The van der Waals surface area contributed by atoms with Crippen molar-refractivity contribution in [3.63, 3.8) is 0 Å². The number of piperidine rings is 1. The Hall–Kier alpha value is -3.75. The van der Waals surface area contributed by atoms with Gasteiger partial charge in [-0.1, -0.05) is 18.2 Å². The molecule has 4 rings (SSSR count). The summed E-state index contributed by atoms with van der Waals surface area (Å²) in [5.74, 6) is -0.924. The molecule has 1 aliphatic rings. The quantitative estimate of drug-likeness (QED) is 0.616. The zero-order valence-corrected chi connectivity index (χ0v) is 19.1. The SMILES string of the molecule is CC(=O)N1CCC(Cn2nc(C)c(-c3c(C(N)=O)nc4ccccc4c3C(N)=O)c2C)CC1. The van der Waals surface area contributed by atoms with Crippen LogP contribution >= 0.6 is 0 Å². The maximum Gasteiger partial charge on any atom is 0.267 e. The maximum atomic E-state index is 12.6. The molecule has 0 spiro atoms. The molecule has 1 aliphatic heterocycles. The molecule has 0 atom stereocenters. The Morgan fingerprint density at radius 2 is 1.70 bits per heavy atom. The summed E-state index contributed by atoms with van der Waals surface area (Å²) < 4.78 is 1.91. The molecule has 0 aliphatic carbocycles. The summed E-state index contributed by atoms with van der Waals surface area (Å²) in [6.07, 6.45) is 1.79. The highest BCUT2D eigenvalue weighted by atomic mass is 16.2. The number of fused-ring (bicyclic) bond motifs is 1. The number of carbonyl (C=O) groups is 3. The molecule has 0 radical (unpaired) electrons. The maximum absolute atomic E-state index is 12.6. The number of rotatable bonds is 5. The Kier molecular flexibility index (Phi) is 5.88. The first-order valence-electron chi connectivity index (χ1n) is 11.0. The molecule has 0 bridgehead atoms. The number of amides is 3. The average Bonchev–Trinajstić information content (AvgIpc) is 3.05. The van der Waals surface area contributed by atoms with E-state index < -0.39 is 11.8 Å². The van der Waals surface area contributed by atoms with Crippen molar-refractivity contribution in [1.29, 1.82) is 0 Å². The molecule has 9 heteroatoms. The largest absolute Gasteiger partial charge is 0.366 e. The number of hydrogen-bond acceptors (Lipinski definition) is 5. The first-order valence-corrected chi connectivity index (χ1v) is 11.0. The summed E-state index contributed by atoms with van der Waals surface area (Å²) in [6, 6.07) is 7.04. The van der Waals surface area contributed by atoms with E-state index in [0.29, 0.717) is 40.2 Å². The Balaban J connectivity index is 1.81. The van der Waals surface area contributed by atoms with Crippen molar-refractivity contribution < 1.29 is 14.4 Å². The Labute approximate surface area is 191 Å². The van der Waals surface area contributed by atoms with Gasteiger partial charge in [-0.15, -0.1) is 0 Å². The monoisotopic (exact) mass is 448 g/mol. The van der Waals surface area contributed by atoms with Gasteiger partial charge in [-0.3, -0.25) is 19.1 Å². The lowest BCUT2D eigenvalue weighted by molar-refractivity contribution is -0.130. The fourth-order valence-corrected chi connectivity index (χ4v) is 4.80. The van der Waals surface area contributed by atoms with E-state index in [1.165, 1.54) is 0 Å². The van der Waals surface area contributed by atoms with Gasteiger partial charge in [0.15, 0.2) is 0 Å². The molecule has 1 fully saturated rings. The van der Waals surface area contributed by atoms with Crippen LogP contribution in [-0.2, 0) is 11.3 Å². The van der Waals surface area contributed by atoms with Crippen molar-refractivity contribution in [3.05, 3.63) is 46.9 Å². The molecule has 1 saturated heterocycles. The molecule has 3 amide bonds. The Morgan fingerprint density at radius 1 is 1.03 bits per heavy atom. The number of likely N-dealkylation sites (tertiary alicyclic amines) is 1. The van der Waals surface area contributed by atoms with Gasteiger partial charge in [-0.25, -0.2) is 4.98 Å². The summed E-state index contributed by atoms with van der Waals surface area (Å²) >= 11 is 0. The normalized spacial score (nSPS) is 14.6. The van der Waals surface area contributed by atoms with Crippen LogP contribution in [0.5, 0.6) is 0 Å². The zero-order valence-electron chi connectivity index (χ0n) is 19.1. The molecular weight excluding hydrogens is 420 g/mol. The van der Waals surface area contributed by atoms with Gasteiger partial charge in [0, 0.05) is 48.8 Å². The second-order valence-corrected chi connectivity index (χ2v) is 8.63. The molecule has 2 aromatic heterocycles. The van der Waals surface area contributed by atoms with Gasteiger partial charge in [0.05, 0.1) is 16.8 Å². The topological polar surface area (TPSA) is 137 Å². The minimum absolute atomic E-state index is 0.00279. The fraction of sp³-hybridized carbons (Fsp3) is 0.375. The summed E-state index contributed by atoms with van der Waals surface area (Å²) in [5.41, 5.74) is 14.6. The van der Waals surface area contributed by atoms with Crippen LogP contribution in [0.3, 0.4) is 0 Å². The molecule has 1 aromatic carbocycles. The van der Waals surface area contributed by atoms with Crippen LogP contribution in [0.2, 0.25) is 0 Å². The summed E-state index contributed by atoms with van der Waals surface area (Å²) in [4.78, 5) is 42.9. The van der Waals surface area contributed by atoms with Crippen molar-refractivity contribution >= 4 is 28.6 Å². The van der Waals surface area contributed by atoms with Gasteiger partial charge in [-0.2, -0.15) is 5.10 Å². The highest BCUT2D eigenvalue weighted by molar-refractivity contribution is 6.15. The van der Waals surface area contributed by atoms with E-state index >= 15 is 0 Å². The third kappa shape index (κ3) is 4.06. The fourth-order valence-electron chi connectivity index (χ4n) is 4.80. The van der Waals surface area contributed by atoms with E-state index in [4.69, 9.17) is 16.6 Å². The molecule has 9 nitrogen and oxygen atoms in total. The number of aromatic nitrogens is 3. The standard InChI is InChI=1S/C24H28N6O3/c1-13-19(14(2)30(28-13)12-16-8-10-29(11-9-16)15(3)31)21-20(23(25)32)17-6-4-5-7-18(17)27-22(21)24(26)33/h4-7,16H,8-12H2,1-3H3,(H2,25,32)(H2,26,33). The van der Waals surface area contributed by atoms with E-state index in [1.807, 2.05) is 23.4 Å². The number of aryl methyl sites for hydroxylation is 1. The van der Waals surface area contributed by atoms with Gasteiger partial charge in [0.2, 0.25) is 11.8 Å².